The standard InChI is InChI=1S/C16H17BrFNO/c1-10-7-12(8-11(2)19)3-6-15(10)20-16-9-13(18)4-5-14(16)17/h3-7,9,11H,8,19H2,1-2H3. The molecule has 2 rings (SSSR count). The van der Waals surface area contributed by atoms with Crippen molar-refractivity contribution in [2.45, 2.75) is 26.3 Å². The van der Waals surface area contributed by atoms with Crippen LogP contribution in [0.3, 0.4) is 0 Å². The van der Waals surface area contributed by atoms with Crippen molar-refractivity contribution in [3.63, 3.8) is 0 Å². The normalized spacial score (nSPS) is 12.2. The first-order valence-electron chi connectivity index (χ1n) is 6.43. The highest BCUT2D eigenvalue weighted by molar-refractivity contribution is 9.10. The van der Waals surface area contributed by atoms with Crippen molar-refractivity contribution in [1.29, 1.82) is 0 Å². The molecule has 106 valence electrons. The van der Waals surface area contributed by atoms with Crippen LogP contribution in [-0.2, 0) is 6.42 Å². The summed E-state index contributed by atoms with van der Waals surface area (Å²) in [6.45, 7) is 3.94. The van der Waals surface area contributed by atoms with E-state index >= 15 is 0 Å². The molecule has 0 aliphatic heterocycles. The minimum atomic E-state index is -0.325. The summed E-state index contributed by atoms with van der Waals surface area (Å²) >= 11 is 3.35. The Morgan fingerprint density at radius 2 is 1.95 bits per heavy atom. The fourth-order valence-corrected chi connectivity index (χ4v) is 2.33. The van der Waals surface area contributed by atoms with Crippen LogP contribution in [0.5, 0.6) is 11.5 Å². The number of benzene rings is 2. The van der Waals surface area contributed by atoms with Crippen molar-refractivity contribution in [3.05, 3.63) is 57.8 Å². The maximum absolute atomic E-state index is 13.2. The molecule has 0 aliphatic rings. The van der Waals surface area contributed by atoms with Gasteiger partial charge in [0.15, 0.2) is 0 Å². The first kappa shape index (κ1) is 15.0. The van der Waals surface area contributed by atoms with Crippen molar-refractivity contribution in [3.8, 4) is 11.5 Å². The summed E-state index contributed by atoms with van der Waals surface area (Å²) in [4.78, 5) is 0. The largest absolute Gasteiger partial charge is 0.456 e. The highest BCUT2D eigenvalue weighted by Gasteiger charge is 2.08. The number of rotatable bonds is 4. The second-order valence-corrected chi connectivity index (χ2v) is 5.81. The summed E-state index contributed by atoms with van der Waals surface area (Å²) in [5, 5.41) is 0. The predicted molar refractivity (Wildman–Crippen MR) is 82.7 cm³/mol. The second kappa shape index (κ2) is 6.37. The Morgan fingerprint density at radius 3 is 2.60 bits per heavy atom. The Balaban J connectivity index is 2.23. The van der Waals surface area contributed by atoms with Gasteiger partial charge in [-0.1, -0.05) is 12.1 Å². The van der Waals surface area contributed by atoms with E-state index in [1.807, 2.05) is 32.0 Å². The van der Waals surface area contributed by atoms with Gasteiger partial charge in [0.1, 0.15) is 17.3 Å². The molecule has 20 heavy (non-hydrogen) atoms. The van der Waals surface area contributed by atoms with Gasteiger partial charge in [-0.3, -0.25) is 0 Å². The maximum atomic E-state index is 13.2. The third kappa shape index (κ3) is 3.81. The lowest BCUT2D eigenvalue weighted by Gasteiger charge is -2.12. The van der Waals surface area contributed by atoms with Gasteiger partial charge in [0.05, 0.1) is 4.47 Å². The van der Waals surface area contributed by atoms with Gasteiger partial charge >= 0.3 is 0 Å². The fourth-order valence-electron chi connectivity index (χ4n) is 2.00. The first-order chi connectivity index (χ1) is 9.45. The highest BCUT2D eigenvalue weighted by atomic mass is 79.9. The van der Waals surface area contributed by atoms with Gasteiger partial charge in [-0.15, -0.1) is 0 Å². The van der Waals surface area contributed by atoms with Crippen LogP contribution in [0, 0.1) is 12.7 Å². The number of hydrogen-bond acceptors (Lipinski definition) is 2. The van der Waals surface area contributed by atoms with Crippen molar-refractivity contribution in [2.75, 3.05) is 0 Å². The van der Waals surface area contributed by atoms with Gasteiger partial charge in [-0.05, 0) is 65.5 Å². The molecule has 0 fully saturated rings. The molecule has 0 radical (unpaired) electrons. The third-order valence-electron chi connectivity index (χ3n) is 2.91. The molecule has 0 amide bonds. The Labute approximate surface area is 126 Å². The Morgan fingerprint density at radius 1 is 1.20 bits per heavy atom. The van der Waals surface area contributed by atoms with Crippen molar-refractivity contribution in [2.24, 2.45) is 5.73 Å². The molecular weight excluding hydrogens is 321 g/mol. The van der Waals surface area contributed by atoms with E-state index in [2.05, 4.69) is 15.9 Å². The fraction of sp³-hybridized carbons (Fsp3) is 0.250. The van der Waals surface area contributed by atoms with Crippen molar-refractivity contribution in [1.82, 2.24) is 0 Å². The zero-order valence-corrected chi connectivity index (χ0v) is 13.1. The lowest BCUT2D eigenvalue weighted by molar-refractivity contribution is 0.470. The number of ether oxygens (including phenoxy) is 1. The van der Waals surface area contributed by atoms with E-state index in [1.54, 1.807) is 6.07 Å². The van der Waals surface area contributed by atoms with Gasteiger partial charge < -0.3 is 10.5 Å². The van der Waals surface area contributed by atoms with Crippen LogP contribution in [0.25, 0.3) is 0 Å². The summed E-state index contributed by atoms with van der Waals surface area (Å²) in [7, 11) is 0. The number of nitrogens with two attached hydrogens (primary N) is 1. The molecule has 0 saturated carbocycles. The average molecular weight is 338 g/mol. The lowest BCUT2D eigenvalue weighted by atomic mass is 10.0. The topological polar surface area (TPSA) is 35.2 Å². The van der Waals surface area contributed by atoms with Crippen LogP contribution in [0.1, 0.15) is 18.1 Å². The van der Waals surface area contributed by atoms with Crippen LogP contribution in [0.4, 0.5) is 4.39 Å². The quantitative estimate of drug-likeness (QED) is 0.886. The van der Waals surface area contributed by atoms with Gasteiger partial charge in [0, 0.05) is 12.1 Å². The molecule has 2 nitrogen and oxygen atoms in total. The highest BCUT2D eigenvalue weighted by Crippen LogP contribution is 2.32. The van der Waals surface area contributed by atoms with Crippen LogP contribution in [0.15, 0.2) is 40.9 Å². The molecule has 0 aromatic heterocycles. The lowest BCUT2D eigenvalue weighted by Crippen LogP contribution is -2.17. The maximum Gasteiger partial charge on any atom is 0.144 e. The van der Waals surface area contributed by atoms with E-state index in [4.69, 9.17) is 10.5 Å². The molecule has 1 atom stereocenters. The predicted octanol–water partition coefficient (Wildman–Crippen LogP) is 4.58. The smallest absolute Gasteiger partial charge is 0.144 e. The zero-order valence-electron chi connectivity index (χ0n) is 11.5. The van der Waals surface area contributed by atoms with Crippen LogP contribution < -0.4 is 10.5 Å². The molecule has 0 saturated heterocycles. The summed E-state index contributed by atoms with van der Waals surface area (Å²) in [5.41, 5.74) is 7.96. The summed E-state index contributed by atoms with van der Waals surface area (Å²) in [6.07, 6.45) is 0.824. The second-order valence-electron chi connectivity index (χ2n) is 4.96. The summed E-state index contributed by atoms with van der Waals surface area (Å²) in [6, 6.07) is 10.4. The van der Waals surface area contributed by atoms with Crippen LogP contribution in [-0.4, -0.2) is 6.04 Å². The Kier molecular flexibility index (Phi) is 4.78. The van der Waals surface area contributed by atoms with E-state index in [0.717, 1.165) is 16.5 Å². The van der Waals surface area contributed by atoms with E-state index < -0.39 is 0 Å². The number of hydrogen-bond donors (Lipinski definition) is 1. The minimum Gasteiger partial charge on any atom is -0.456 e. The SMILES string of the molecule is Cc1cc(CC(C)N)ccc1Oc1cc(F)ccc1Br. The molecule has 0 spiro atoms. The summed E-state index contributed by atoms with van der Waals surface area (Å²) < 4.78 is 19.7. The molecule has 4 heteroatoms. The molecule has 2 aromatic carbocycles. The van der Waals surface area contributed by atoms with Gasteiger partial charge in [0.25, 0.3) is 0 Å². The summed E-state index contributed by atoms with van der Waals surface area (Å²) in [5.74, 6) is 0.854. The molecule has 0 bridgehead atoms. The third-order valence-corrected chi connectivity index (χ3v) is 3.57. The molecule has 0 aliphatic carbocycles. The van der Waals surface area contributed by atoms with Gasteiger partial charge in [-0.25, -0.2) is 4.39 Å². The van der Waals surface area contributed by atoms with E-state index in [9.17, 15) is 4.39 Å². The van der Waals surface area contributed by atoms with E-state index in [1.165, 1.54) is 17.7 Å². The van der Waals surface area contributed by atoms with Crippen molar-refractivity contribution >= 4 is 15.9 Å². The molecular formula is C16H17BrFNO. The van der Waals surface area contributed by atoms with E-state index in [0.29, 0.717) is 11.5 Å². The Bertz CT molecular complexity index is 613. The van der Waals surface area contributed by atoms with E-state index in [-0.39, 0.29) is 11.9 Å². The van der Waals surface area contributed by atoms with Crippen LogP contribution in [0.2, 0.25) is 0 Å². The monoisotopic (exact) mass is 337 g/mol. The number of aryl methyl sites for hydroxylation is 1. The first-order valence-corrected chi connectivity index (χ1v) is 7.23. The van der Waals surface area contributed by atoms with Crippen molar-refractivity contribution < 1.29 is 9.13 Å². The van der Waals surface area contributed by atoms with Crippen LogP contribution >= 0.6 is 15.9 Å². The molecule has 2 aromatic rings. The Hall–Kier alpha value is -1.39. The molecule has 1 unspecified atom stereocenters. The van der Waals surface area contributed by atoms with Gasteiger partial charge in [-0.2, -0.15) is 0 Å². The number of halogens is 2. The molecule has 2 N–H and O–H groups in total. The minimum absolute atomic E-state index is 0.124. The van der Waals surface area contributed by atoms with Gasteiger partial charge in [0.2, 0.25) is 0 Å². The zero-order chi connectivity index (χ0) is 14.7. The molecule has 0 heterocycles. The average Bonchev–Trinajstić information content (AvgIpc) is 2.36.